The molecule has 0 aliphatic carbocycles. The first-order valence-corrected chi connectivity index (χ1v) is 9.29. The highest BCUT2D eigenvalue weighted by Gasteiger charge is 2.25. The Morgan fingerprint density at radius 1 is 1.33 bits per heavy atom. The second-order valence-electron chi connectivity index (χ2n) is 7.28. The maximum atomic E-state index is 12.2. The van der Waals surface area contributed by atoms with Crippen molar-refractivity contribution in [2.24, 2.45) is 11.7 Å². The summed E-state index contributed by atoms with van der Waals surface area (Å²) in [4.78, 5) is 16.6. The standard InChI is InChI=1S/C19H27ClN4O2.ClH/c1-13(2)11-19(3,12-21)23-16(25)5-4-6-17-22-18(24-26-17)14-7-9-15(20)10-8-14;/h7-10,13H,4-6,11-12,21H2,1-3H3,(H,23,25);1H. The number of nitrogens with two attached hydrogens (primary N) is 1. The van der Waals surface area contributed by atoms with Gasteiger partial charge in [0.2, 0.25) is 17.6 Å². The Bertz CT molecular complexity index is 719. The molecule has 1 aromatic heterocycles. The van der Waals surface area contributed by atoms with Gasteiger partial charge in [0.15, 0.2) is 0 Å². The molecule has 1 heterocycles. The Labute approximate surface area is 171 Å². The molecule has 1 atom stereocenters. The Hall–Kier alpha value is -1.63. The molecule has 0 saturated heterocycles. The highest BCUT2D eigenvalue weighted by atomic mass is 35.5. The monoisotopic (exact) mass is 414 g/mol. The molecule has 1 unspecified atom stereocenters. The zero-order chi connectivity index (χ0) is 19.2. The number of nitrogens with zero attached hydrogens (tertiary/aromatic N) is 2. The molecule has 0 spiro atoms. The quantitative estimate of drug-likeness (QED) is 0.645. The molecule has 0 saturated carbocycles. The van der Waals surface area contributed by atoms with Crippen molar-refractivity contribution in [1.82, 2.24) is 15.5 Å². The Balaban J connectivity index is 0.00000364. The van der Waals surface area contributed by atoms with E-state index in [1.54, 1.807) is 12.1 Å². The van der Waals surface area contributed by atoms with E-state index in [1.165, 1.54) is 0 Å². The van der Waals surface area contributed by atoms with E-state index >= 15 is 0 Å². The van der Waals surface area contributed by atoms with Gasteiger partial charge >= 0.3 is 0 Å². The summed E-state index contributed by atoms with van der Waals surface area (Å²) in [5.74, 6) is 1.50. The predicted octanol–water partition coefficient (Wildman–Crippen LogP) is 4.01. The molecule has 1 aromatic carbocycles. The van der Waals surface area contributed by atoms with Crippen molar-refractivity contribution >= 4 is 29.9 Å². The number of carbonyl (C=O) groups is 1. The number of aryl methyl sites for hydroxylation is 1. The van der Waals surface area contributed by atoms with Crippen molar-refractivity contribution in [3.8, 4) is 11.4 Å². The maximum Gasteiger partial charge on any atom is 0.226 e. The van der Waals surface area contributed by atoms with Gasteiger partial charge < -0.3 is 15.6 Å². The fraction of sp³-hybridized carbons (Fsp3) is 0.526. The number of aromatic nitrogens is 2. The number of nitrogens with one attached hydrogen (secondary N) is 1. The van der Waals surface area contributed by atoms with Crippen LogP contribution in [0.25, 0.3) is 11.4 Å². The molecular formula is C19H28Cl2N4O2. The first kappa shape index (κ1) is 23.4. The molecule has 2 rings (SSSR count). The van der Waals surface area contributed by atoms with Crippen LogP contribution in [0, 0.1) is 5.92 Å². The third kappa shape index (κ3) is 7.48. The zero-order valence-electron chi connectivity index (χ0n) is 16.0. The normalized spacial score (nSPS) is 13.1. The van der Waals surface area contributed by atoms with E-state index in [-0.39, 0.29) is 23.9 Å². The van der Waals surface area contributed by atoms with Gasteiger partial charge in [-0.15, -0.1) is 12.4 Å². The third-order valence-electron chi connectivity index (χ3n) is 4.12. The smallest absolute Gasteiger partial charge is 0.226 e. The first-order valence-electron chi connectivity index (χ1n) is 8.91. The minimum atomic E-state index is -0.364. The van der Waals surface area contributed by atoms with E-state index in [9.17, 15) is 4.79 Å². The molecule has 3 N–H and O–H groups in total. The van der Waals surface area contributed by atoms with Gasteiger partial charge in [-0.25, -0.2) is 0 Å². The van der Waals surface area contributed by atoms with Crippen LogP contribution in [0.15, 0.2) is 28.8 Å². The molecular weight excluding hydrogens is 387 g/mol. The summed E-state index contributed by atoms with van der Waals surface area (Å²) in [6.07, 6.45) is 2.43. The number of benzene rings is 1. The summed E-state index contributed by atoms with van der Waals surface area (Å²) >= 11 is 5.88. The van der Waals surface area contributed by atoms with Gasteiger partial charge in [-0.05, 0) is 49.9 Å². The SMILES string of the molecule is CC(C)CC(C)(CN)NC(=O)CCCc1nc(-c2ccc(Cl)cc2)no1.Cl. The van der Waals surface area contributed by atoms with Crippen LogP contribution < -0.4 is 11.1 Å². The first-order chi connectivity index (χ1) is 12.3. The Kier molecular flexibility index (Phi) is 9.22. The summed E-state index contributed by atoms with van der Waals surface area (Å²) in [6.45, 7) is 6.65. The van der Waals surface area contributed by atoms with E-state index in [0.717, 1.165) is 12.0 Å². The third-order valence-corrected chi connectivity index (χ3v) is 4.37. The summed E-state index contributed by atoms with van der Waals surface area (Å²) in [6, 6.07) is 7.24. The molecule has 2 aromatic rings. The van der Waals surface area contributed by atoms with Crippen LogP contribution in [-0.2, 0) is 11.2 Å². The Morgan fingerprint density at radius 2 is 2.00 bits per heavy atom. The number of carbonyl (C=O) groups excluding carboxylic acids is 1. The molecule has 150 valence electrons. The lowest BCUT2D eigenvalue weighted by Gasteiger charge is -2.31. The lowest BCUT2D eigenvalue weighted by Crippen LogP contribution is -2.52. The second-order valence-corrected chi connectivity index (χ2v) is 7.72. The van der Waals surface area contributed by atoms with Gasteiger partial charge in [0.05, 0.1) is 0 Å². The number of rotatable bonds is 9. The molecule has 0 aliphatic rings. The van der Waals surface area contributed by atoms with Crippen molar-refractivity contribution in [2.75, 3.05) is 6.54 Å². The molecule has 0 fully saturated rings. The maximum absolute atomic E-state index is 12.2. The Morgan fingerprint density at radius 3 is 2.59 bits per heavy atom. The molecule has 27 heavy (non-hydrogen) atoms. The summed E-state index contributed by atoms with van der Waals surface area (Å²) in [5, 5.41) is 7.68. The van der Waals surface area contributed by atoms with E-state index in [4.69, 9.17) is 21.9 Å². The van der Waals surface area contributed by atoms with E-state index < -0.39 is 0 Å². The van der Waals surface area contributed by atoms with Gasteiger partial charge in [0, 0.05) is 35.5 Å². The largest absolute Gasteiger partial charge is 0.350 e. The number of halogens is 2. The van der Waals surface area contributed by atoms with Crippen molar-refractivity contribution in [2.45, 2.75) is 52.0 Å². The van der Waals surface area contributed by atoms with Crippen molar-refractivity contribution in [3.63, 3.8) is 0 Å². The van der Waals surface area contributed by atoms with Crippen molar-refractivity contribution in [1.29, 1.82) is 0 Å². The minimum absolute atomic E-state index is 0. The summed E-state index contributed by atoms with van der Waals surface area (Å²) < 4.78 is 5.26. The zero-order valence-corrected chi connectivity index (χ0v) is 17.6. The van der Waals surface area contributed by atoms with Gasteiger partial charge in [0.1, 0.15) is 0 Å². The lowest BCUT2D eigenvalue weighted by molar-refractivity contribution is -0.123. The van der Waals surface area contributed by atoms with Crippen molar-refractivity contribution in [3.05, 3.63) is 35.2 Å². The number of hydrogen-bond acceptors (Lipinski definition) is 5. The van der Waals surface area contributed by atoms with E-state index in [1.807, 2.05) is 19.1 Å². The fourth-order valence-corrected chi connectivity index (χ4v) is 3.08. The van der Waals surface area contributed by atoms with Crippen LogP contribution in [0.1, 0.15) is 45.9 Å². The van der Waals surface area contributed by atoms with Gasteiger partial charge in [-0.2, -0.15) is 4.98 Å². The van der Waals surface area contributed by atoms with Gasteiger partial charge in [-0.3, -0.25) is 4.79 Å². The summed E-state index contributed by atoms with van der Waals surface area (Å²) in [5.41, 5.74) is 6.31. The van der Waals surface area contributed by atoms with Crippen LogP contribution in [0.4, 0.5) is 0 Å². The van der Waals surface area contributed by atoms with E-state index in [2.05, 4.69) is 29.3 Å². The molecule has 0 bridgehead atoms. The van der Waals surface area contributed by atoms with E-state index in [0.29, 0.717) is 48.5 Å². The van der Waals surface area contributed by atoms with Crippen molar-refractivity contribution < 1.29 is 9.32 Å². The highest BCUT2D eigenvalue weighted by Crippen LogP contribution is 2.19. The molecule has 1 amide bonds. The van der Waals surface area contributed by atoms with Gasteiger partial charge in [-0.1, -0.05) is 30.6 Å². The summed E-state index contributed by atoms with van der Waals surface area (Å²) in [7, 11) is 0. The lowest BCUT2D eigenvalue weighted by atomic mass is 9.90. The second kappa shape index (κ2) is 10.6. The molecule has 8 heteroatoms. The average Bonchev–Trinajstić information content (AvgIpc) is 3.03. The van der Waals surface area contributed by atoms with Crippen LogP contribution in [0.3, 0.4) is 0 Å². The fourth-order valence-electron chi connectivity index (χ4n) is 2.96. The van der Waals surface area contributed by atoms with Crippen LogP contribution in [0.5, 0.6) is 0 Å². The van der Waals surface area contributed by atoms with Crippen LogP contribution >= 0.6 is 24.0 Å². The van der Waals surface area contributed by atoms with Crippen LogP contribution in [0.2, 0.25) is 5.02 Å². The topological polar surface area (TPSA) is 94.0 Å². The number of amides is 1. The molecule has 6 nitrogen and oxygen atoms in total. The van der Waals surface area contributed by atoms with Gasteiger partial charge in [0.25, 0.3) is 0 Å². The highest BCUT2D eigenvalue weighted by molar-refractivity contribution is 6.30. The average molecular weight is 415 g/mol. The molecule has 0 radical (unpaired) electrons. The number of hydrogen-bond donors (Lipinski definition) is 2. The minimum Gasteiger partial charge on any atom is -0.350 e. The molecule has 0 aliphatic heterocycles. The van der Waals surface area contributed by atoms with Crippen LogP contribution in [-0.4, -0.2) is 28.1 Å². The predicted molar refractivity (Wildman–Crippen MR) is 110 cm³/mol.